The van der Waals surface area contributed by atoms with Gasteiger partial charge in [-0.25, -0.2) is 9.48 Å². The Morgan fingerprint density at radius 2 is 2.24 bits per heavy atom. The van der Waals surface area contributed by atoms with E-state index in [1.165, 1.54) is 4.68 Å². The van der Waals surface area contributed by atoms with E-state index in [4.69, 9.17) is 16.9 Å². The van der Waals surface area contributed by atoms with E-state index >= 15 is 0 Å². The van der Waals surface area contributed by atoms with Crippen molar-refractivity contribution in [3.05, 3.63) is 41.2 Å². The molecule has 0 saturated heterocycles. The predicted octanol–water partition coefficient (Wildman–Crippen LogP) is 0.465. The maximum atomic E-state index is 11.7. The van der Waals surface area contributed by atoms with Crippen molar-refractivity contribution in [3.63, 3.8) is 0 Å². The second-order valence-electron chi connectivity index (χ2n) is 4.13. The molecule has 1 heterocycles. The van der Waals surface area contributed by atoms with Crippen LogP contribution in [-0.4, -0.2) is 33.5 Å². The number of nitrogens with zero attached hydrogens (tertiary/aromatic N) is 3. The van der Waals surface area contributed by atoms with Crippen LogP contribution in [0.1, 0.15) is 26.5 Å². The quantitative estimate of drug-likeness (QED) is 0.649. The summed E-state index contributed by atoms with van der Waals surface area (Å²) in [4.78, 5) is 22.9. The van der Waals surface area contributed by atoms with Crippen molar-refractivity contribution < 1.29 is 14.3 Å². The maximum Gasteiger partial charge on any atom is 0.339 e. The minimum atomic E-state index is -0.664. The molecule has 0 bridgehead atoms. The Morgan fingerprint density at radius 3 is 2.86 bits per heavy atom. The minimum Gasteiger partial charge on any atom is -0.449 e. The highest BCUT2D eigenvalue weighted by Gasteiger charge is 2.15. The van der Waals surface area contributed by atoms with Crippen LogP contribution in [0.25, 0.3) is 5.69 Å². The van der Waals surface area contributed by atoms with Crippen LogP contribution in [0.3, 0.4) is 0 Å². The molecule has 21 heavy (non-hydrogen) atoms. The Bertz CT molecular complexity index is 743. The summed E-state index contributed by atoms with van der Waals surface area (Å²) in [6.45, 7) is 1.56. The highest BCUT2D eigenvalue weighted by Crippen LogP contribution is 2.14. The van der Waals surface area contributed by atoms with E-state index in [2.05, 4.69) is 16.2 Å². The van der Waals surface area contributed by atoms with E-state index in [0.717, 1.165) is 0 Å². The van der Waals surface area contributed by atoms with Gasteiger partial charge >= 0.3 is 5.97 Å². The van der Waals surface area contributed by atoms with Crippen LogP contribution in [0.2, 0.25) is 0 Å². The van der Waals surface area contributed by atoms with Crippen LogP contribution in [-0.2, 0) is 4.74 Å². The summed E-state index contributed by atoms with van der Waals surface area (Å²) >= 11 is 0. The van der Waals surface area contributed by atoms with E-state index in [-0.39, 0.29) is 12.3 Å². The fourth-order valence-corrected chi connectivity index (χ4v) is 1.76. The van der Waals surface area contributed by atoms with Crippen molar-refractivity contribution in [2.75, 3.05) is 6.61 Å². The molecule has 2 rings (SSSR count). The first kappa shape index (κ1) is 14.3. The topological polar surface area (TPSA) is 100 Å². The maximum absolute atomic E-state index is 11.7. The first-order valence-electron chi connectivity index (χ1n) is 5.97. The number of esters is 1. The Hall–Kier alpha value is -3.14. The zero-order valence-corrected chi connectivity index (χ0v) is 11.2. The second kappa shape index (κ2) is 5.88. The molecule has 7 nitrogen and oxygen atoms in total. The lowest BCUT2D eigenvalue weighted by atomic mass is 10.2. The Balaban J connectivity index is 2.36. The summed E-state index contributed by atoms with van der Waals surface area (Å²) in [7, 11) is 0. The first-order valence-corrected chi connectivity index (χ1v) is 5.97. The lowest BCUT2D eigenvalue weighted by Crippen LogP contribution is -2.13. The smallest absolute Gasteiger partial charge is 0.339 e. The molecule has 0 aliphatic carbocycles. The van der Waals surface area contributed by atoms with E-state index in [1.807, 2.05) is 0 Å². The number of rotatable bonds is 4. The normalized spacial score (nSPS) is 9.90. The van der Waals surface area contributed by atoms with Gasteiger partial charge < -0.3 is 10.5 Å². The van der Waals surface area contributed by atoms with Gasteiger partial charge in [0.05, 0.1) is 16.9 Å². The molecule has 2 aromatic rings. The molecule has 7 heteroatoms. The molecule has 0 unspecified atom stereocenters. The molecule has 0 atom stereocenters. The van der Waals surface area contributed by atoms with Gasteiger partial charge in [-0.15, -0.1) is 11.5 Å². The number of primary amides is 1. The molecule has 0 radical (unpaired) electrons. The van der Waals surface area contributed by atoms with Crippen LogP contribution < -0.4 is 5.73 Å². The molecule has 0 aliphatic rings. The number of nitrogens with two attached hydrogens (primary N) is 1. The highest BCUT2D eigenvalue weighted by molar-refractivity contribution is 5.92. The van der Waals surface area contributed by atoms with Gasteiger partial charge in [0.2, 0.25) is 0 Å². The average Bonchev–Trinajstić information content (AvgIpc) is 2.86. The minimum absolute atomic E-state index is 0.0790. The van der Waals surface area contributed by atoms with Crippen molar-refractivity contribution in [2.45, 2.75) is 6.92 Å². The van der Waals surface area contributed by atoms with Crippen LogP contribution >= 0.6 is 0 Å². The number of hydrogen-bond donors (Lipinski definition) is 1. The Labute approximate surface area is 120 Å². The molecule has 2 N–H and O–H groups in total. The standard InChI is InChI=1S/C14H12N4O3/c1-3-7-21-14(20)10-5-4-6-11(8-10)18-9(2)12(13(15)19)16-17-18/h1,4-6,8H,7H2,2H3,(H2,15,19). The van der Waals surface area contributed by atoms with E-state index in [9.17, 15) is 9.59 Å². The average molecular weight is 284 g/mol. The van der Waals surface area contributed by atoms with Gasteiger partial charge in [-0.1, -0.05) is 17.2 Å². The van der Waals surface area contributed by atoms with Crippen molar-refractivity contribution in [3.8, 4) is 18.0 Å². The molecule has 0 fully saturated rings. The summed E-state index contributed by atoms with van der Waals surface area (Å²) in [5.41, 5.74) is 6.63. The van der Waals surface area contributed by atoms with Crippen molar-refractivity contribution in [1.29, 1.82) is 0 Å². The van der Waals surface area contributed by atoms with Gasteiger partial charge in [0.1, 0.15) is 0 Å². The van der Waals surface area contributed by atoms with Crippen LogP contribution in [0.5, 0.6) is 0 Å². The van der Waals surface area contributed by atoms with Gasteiger partial charge in [0.25, 0.3) is 5.91 Å². The zero-order valence-electron chi connectivity index (χ0n) is 11.2. The Morgan fingerprint density at radius 1 is 1.48 bits per heavy atom. The van der Waals surface area contributed by atoms with Crippen LogP contribution in [0, 0.1) is 19.3 Å². The fourth-order valence-electron chi connectivity index (χ4n) is 1.76. The molecular formula is C14H12N4O3. The lowest BCUT2D eigenvalue weighted by Gasteiger charge is -2.06. The number of carbonyl (C=O) groups is 2. The zero-order chi connectivity index (χ0) is 15.4. The molecule has 0 spiro atoms. The van der Waals surface area contributed by atoms with Gasteiger partial charge in [-0.2, -0.15) is 0 Å². The molecule has 106 valence electrons. The fraction of sp³-hybridized carbons (Fsp3) is 0.143. The van der Waals surface area contributed by atoms with Gasteiger partial charge in [0, 0.05) is 0 Å². The number of hydrogen-bond acceptors (Lipinski definition) is 5. The summed E-state index contributed by atoms with van der Waals surface area (Å²) in [6.07, 6.45) is 5.03. The molecular weight excluding hydrogens is 272 g/mol. The van der Waals surface area contributed by atoms with Crippen LogP contribution in [0.4, 0.5) is 0 Å². The molecule has 1 aromatic carbocycles. The number of aromatic nitrogens is 3. The number of carbonyl (C=O) groups excluding carboxylic acids is 2. The third kappa shape index (κ3) is 2.90. The lowest BCUT2D eigenvalue weighted by molar-refractivity contribution is 0.0556. The predicted molar refractivity (Wildman–Crippen MR) is 73.7 cm³/mol. The monoisotopic (exact) mass is 284 g/mol. The summed E-state index contributed by atoms with van der Waals surface area (Å²) < 4.78 is 6.26. The molecule has 0 saturated carbocycles. The highest BCUT2D eigenvalue weighted by atomic mass is 16.5. The van der Waals surface area contributed by atoms with E-state index < -0.39 is 11.9 Å². The summed E-state index contributed by atoms with van der Waals surface area (Å²) in [6, 6.07) is 6.52. The van der Waals surface area contributed by atoms with Gasteiger partial charge in [-0.05, 0) is 25.1 Å². The SMILES string of the molecule is C#CCOC(=O)c1cccc(-n2nnc(C(N)=O)c2C)c1. The van der Waals surface area contributed by atoms with Gasteiger partial charge in [-0.3, -0.25) is 4.79 Å². The Kier molecular flexibility index (Phi) is 4.00. The third-order valence-electron chi connectivity index (χ3n) is 2.74. The van der Waals surface area contributed by atoms with Crippen molar-refractivity contribution in [1.82, 2.24) is 15.0 Å². The van der Waals surface area contributed by atoms with Crippen molar-refractivity contribution in [2.24, 2.45) is 5.73 Å². The molecule has 1 aromatic heterocycles. The second-order valence-corrected chi connectivity index (χ2v) is 4.13. The molecule has 0 aliphatic heterocycles. The first-order chi connectivity index (χ1) is 10.0. The van der Waals surface area contributed by atoms with Gasteiger partial charge in [0.15, 0.2) is 12.3 Å². The van der Waals surface area contributed by atoms with Crippen LogP contribution in [0.15, 0.2) is 24.3 Å². The number of terminal acetylenes is 1. The summed E-state index contributed by atoms with van der Waals surface area (Å²) in [5, 5.41) is 7.56. The largest absolute Gasteiger partial charge is 0.449 e. The summed E-state index contributed by atoms with van der Waals surface area (Å²) in [5.74, 6) is 1.01. The number of benzene rings is 1. The molecule has 1 amide bonds. The van der Waals surface area contributed by atoms with E-state index in [0.29, 0.717) is 16.9 Å². The number of ether oxygens (including phenoxy) is 1. The number of amides is 1. The van der Waals surface area contributed by atoms with E-state index in [1.54, 1.807) is 31.2 Å². The van der Waals surface area contributed by atoms with Crippen molar-refractivity contribution >= 4 is 11.9 Å². The third-order valence-corrected chi connectivity index (χ3v) is 2.74.